The van der Waals surface area contributed by atoms with Crippen molar-refractivity contribution in [2.45, 2.75) is 26.3 Å². The van der Waals surface area contributed by atoms with Gasteiger partial charge in [0.1, 0.15) is 12.1 Å². The van der Waals surface area contributed by atoms with E-state index in [-0.39, 0.29) is 11.8 Å². The number of carbonyl (C=O) groups is 1. The summed E-state index contributed by atoms with van der Waals surface area (Å²) < 4.78 is 10.9. The molecular formula is C23H31N5O3. The van der Waals surface area contributed by atoms with E-state index in [0.29, 0.717) is 13.2 Å². The number of hydrogen-bond donors (Lipinski definition) is 1. The summed E-state index contributed by atoms with van der Waals surface area (Å²) in [5, 5.41) is 3.09. The topological polar surface area (TPSA) is 79.8 Å². The molecule has 0 saturated carbocycles. The van der Waals surface area contributed by atoms with Crippen LogP contribution in [-0.2, 0) is 16.1 Å². The van der Waals surface area contributed by atoms with Gasteiger partial charge in [-0.2, -0.15) is 0 Å². The number of carbonyl (C=O) groups excluding carboxylic acids is 1. The van der Waals surface area contributed by atoms with Gasteiger partial charge in [0.25, 0.3) is 0 Å². The van der Waals surface area contributed by atoms with Crippen molar-refractivity contribution in [3.63, 3.8) is 0 Å². The Kier molecular flexibility index (Phi) is 7.19. The molecule has 8 nitrogen and oxygen atoms in total. The Hall–Kier alpha value is -2.87. The molecule has 0 radical (unpaired) electrons. The van der Waals surface area contributed by atoms with E-state index < -0.39 is 0 Å². The van der Waals surface area contributed by atoms with E-state index in [1.165, 1.54) is 0 Å². The average Bonchev–Trinajstić information content (AvgIpc) is 2.84. The summed E-state index contributed by atoms with van der Waals surface area (Å²) in [6, 6.07) is 7.88. The molecule has 0 bridgehead atoms. The first-order valence-electron chi connectivity index (χ1n) is 11.1. The van der Waals surface area contributed by atoms with Gasteiger partial charge in [0, 0.05) is 38.6 Å². The quantitative estimate of drug-likeness (QED) is 0.729. The van der Waals surface area contributed by atoms with Crippen LogP contribution in [0.4, 0.5) is 11.5 Å². The molecule has 31 heavy (non-hydrogen) atoms. The number of hydrogen-bond acceptors (Lipinski definition) is 7. The lowest BCUT2D eigenvalue weighted by molar-refractivity contribution is -0.125. The summed E-state index contributed by atoms with van der Waals surface area (Å²) in [5.41, 5.74) is 2.13. The lowest BCUT2D eigenvalue weighted by Crippen LogP contribution is -2.42. The van der Waals surface area contributed by atoms with Gasteiger partial charge in [-0.15, -0.1) is 0 Å². The van der Waals surface area contributed by atoms with Crippen LogP contribution in [0.15, 0.2) is 36.8 Å². The van der Waals surface area contributed by atoms with Crippen LogP contribution in [0.5, 0.6) is 5.75 Å². The van der Waals surface area contributed by atoms with Gasteiger partial charge in [-0.05, 0) is 37.5 Å². The minimum Gasteiger partial charge on any atom is -0.494 e. The van der Waals surface area contributed by atoms with E-state index >= 15 is 0 Å². The number of ether oxygens (including phenoxy) is 2. The predicted octanol–water partition coefficient (Wildman–Crippen LogP) is 2.24. The highest BCUT2D eigenvalue weighted by Crippen LogP contribution is 2.30. The monoisotopic (exact) mass is 425 g/mol. The molecule has 3 heterocycles. The molecule has 2 aliphatic heterocycles. The first kappa shape index (κ1) is 21.4. The average molecular weight is 426 g/mol. The van der Waals surface area contributed by atoms with E-state index in [4.69, 9.17) is 9.47 Å². The van der Waals surface area contributed by atoms with Crippen LogP contribution in [-0.4, -0.2) is 61.9 Å². The fraction of sp³-hybridized carbons (Fsp3) is 0.522. The summed E-state index contributed by atoms with van der Waals surface area (Å²) in [4.78, 5) is 26.1. The second-order valence-electron chi connectivity index (χ2n) is 7.89. The second kappa shape index (κ2) is 10.4. The predicted molar refractivity (Wildman–Crippen MR) is 119 cm³/mol. The first-order valence-corrected chi connectivity index (χ1v) is 11.1. The van der Waals surface area contributed by atoms with Crippen LogP contribution in [0.2, 0.25) is 0 Å². The Labute approximate surface area is 183 Å². The number of benzene rings is 1. The Morgan fingerprint density at radius 3 is 2.58 bits per heavy atom. The summed E-state index contributed by atoms with van der Waals surface area (Å²) in [6.07, 6.45) is 5.15. The molecule has 0 unspecified atom stereocenters. The largest absolute Gasteiger partial charge is 0.494 e. The zero-order chi connectivity index (χ0) is 21.5. The number of nitrogens with zero attached hydrogens (tertiary/aromatic N) is 4. The fourth-order valence-electron chi connectivity index (χ4n) is 4.14. The lowest BCUT2D eigenvalue weighted by Gasteiger charge is -2.36. The van der Waals surface area contributed by atoms with Crippen LogP contribution < -0.4 is 19.9 Å². The third kappa shape index (κ3) is 5.44. The molecule has 2 saturated heterocycles. The van der Waals surface area contributed by atoms with E-state index in [9.17, 15) is 4.79 Å². The molecule has 0 spiro atoms. The molecule has 1 amide bonds. The molecule has 2 fully saturated rings. The highest BCUT2D eigenvalue weighted by Gasteiger charge is 2.27. The van der Waals surface area contributed by atoms with Gasteiger partial charge in [0.2, 0.25) is 5.91 Å². The second-order valence-corrected chi connectivity index (χ2v) is 7.89. The van der Waals surface area contributed by atoms with Crippen molar-refractivity contribution in [1.29, 1.82) is 0 Å². The lowest BCUT2D eigenvalue weighted by atomic mass is 9.95. The molecule has 1 aromatic carbocycles. The molecule has 0 aliphatic carbocycles. The fourth-order valence-corrected chi connectivity index (χ4v) is 4.14. The molecule has 8 heteroatoms. The number of nitrogens with one attached hydrogen (secondary N) is 1. The van der Waals surface area contributed by atoms with Crippen LogP contribution in [0.25, 0.3) is 0 Å². The molecule has 1 aromatic heterocycles. The summed E-state index contributed by atoms with van der Waals surface area (Å²) >= 11 is 0. The number of morpholine rings is 1. The molecular weight excluding hydrogens is 394 g/mol. The summed E-state index contributed by atoms with van der Waals surface area (Å²) in [5.74, 6) is 1.99. The maximum absolute atomic E-state index is 12.7. The van der Waals surface area contributed by atoms with Crippen molar-refractivity contribution in [2.24, 2.45) is 5.92 Å². The Morgan fingerprint density at radius 1 is 1.13 bits per heavy atom. The van der Waals surface area contributed by atoms with Gasteiger partial charge in [0.15, 0.2) is 5.82 Å². The van der Waals surface area contributed by atoms with Crippen LogP contribution >= 0.6 is 0 Å². The Bertz CT molecular complexity index is 847. The van der Waals surface area contributed by atoms with E-state index in [0.717, 1.165) is 75.1 Å². The molecule has 2 aliphatic rings. The summed E-state index contributed by atoms with van der Waals surface area (Å²) in [6.45, 7) is 7.94. The maximum Gasteiger partial charge on any atom is 0.223 e. The zero-order valence-corrected chi connectivity index (χ0v) is 18.1. The first-order chi connectivity index (χ1) is 15.2. The minimum absolute atomic E-state index is 0.0374. The highest BCUT2D eigenvalue weighted by atomic mass is 16.5. The molecule has 166 valence electrons. The van der Waals surface area contributed by atoms with E-state index in [1.54, 1.807) is 6.33 Å². The van der Waals surface area contributed by atoms with Gasteiger partial charge in [-0.25, -0.2) is 9.97 Å². The SMILES string of the molecule is CCOc1ccc(CNC(=O)C2CCN(c3cncnc3N3CCOCC3)CC2)cc1. The number of anilines is 2. The van der Waals surface area contributed by atoms with Crippen molar-refractivity contribution in [3.05, 3.63) is 42.4 Å². The molecule has 4 rings (SSSR count). The summed E-state index contributed by atoms with van der Waals surface area (Å²) in [7, 11) is 0. The molecule has 1 N–H and O–H groups in total. The van der Waals surface area contributed by atoms with Gasteiger partial charge >= 0.3 is 0 Å². The van der Waals surface area contributed by atoms with Crippen molar-refractivity contribution in [3.8, 4) is 5.75 Å². The third-order valence-electron chi connectivity index (χ3n) is 5.89. The highest BCUT2D eigenvalue weighted by molar-refractivity contribution is 5.79. The number of amides is 1. The number of rotatable bonds is 7. The van der Waals surface area contributed by atoms with Gasteiger partial charge in [-0.3, -0.25) is 4.79 Å². The minimum atomic E-state index is 0.0374. The smallest absolute Gasteiger partial charge is 0.223 e. The maximum atomic E-state index is 12.7. The number of piperidine rings is 1. The zero-order valence-electron chi connectivity index (χ0n) is 18.1. The van der Waals surface area contributed by atoms with Crippen LogP contribution in [0.1, 0.15) is 25.3 Å². The van der Waals surface area contributed by atoms with Crippen molar-refractivity contribution in [1.82, 2.24) is 15.3 Å². The van der Waals surface area contributed by atoms with Crippen LogP contribution in [0, 0.1) is 5.92 Å². The molecule has 2 aromatic rings. The third-order valence-corrected chi connectivity index (χ3v) is 5.89. The molecule has 0 atom stereocenters. The van der Waals surface area contributed by atoms with Crippen molar-refractivity contribution < 1.29 is 14.3 Å². The van der Waals surface area contributed by atoms with E-state index in [2.05, 4.69) is 25.1 Å². The Balaban J connectivity index is 1.29. The standard InChI is InChI=1S/C23H31N5O3/c1-2-31-20-5-3-18(4-6-20)15-25-23(29)19-7-9-27(10-8-19)21-16-24-17-26-22(21)28-11-13-30-14-12-28/h3-6,16-17,19H,2,7-15H2,1H3,(H,25,29). The van der Waals surface area contributed by atoms with Crippen LogP contribution in [0.3, 0.4) is 0 Å². The normalized spacial score (nSPS) is 17.5. The van der Waals surface area contributed by atoms with Crippen molar-refractivity contribution in [2.75, 3.05) is 55.8 Å². The van der Waals surface area contributed by atoms with Gasteiger partial charge in [0.05, 0.1) is 31.7 Å². The Morgan fingerprint density at radius 2 is 1.87 bits per heavy atom. The van der Waals surface area contributed by atoms with Gasteiger partial charge < -0.3 is 24.6 Å². The van der Waals surface area contributed by atoms with Gasteiger partial charge in [-0.1, -0.05) is 12.1 Å². The number of aromatic nitrogens is 2. The van der Waals surface area contributed by atoms with Crippen molar-refractivity contribution >= 4 is 17.4 Å². The van der Waals surface area contributed by atoms with E-state index in [1.807, 2.05) is 37.4 Å².